The number of nitrogen functional groups attached to an aromatic ring is 1. The Labute approximate surface area is 116 Å². The molecule has 1 heterocycles. The fraction of sp³-hybridized carbons (Fsp3) is 0.214. The minimum absolute atomic E-state index is 0.252. The lowest BCUT2D eigenvalue weighted by molar-refractivity contribution is 0.391. The molecule has 2 N–H and O–H groups in total. The Bertz CT molecular complexity index is 620. The number of aryl methyl sites for hydroxylation is 1. The first-order valence-electron chi connectivity index (χ1n) is 6.02. The van der Waals surface area contributed by atoms with Crippen LogP contribution in [-0.2, 0) is 6.42 Å². The summed E-state index contributed by atoms with van der Waals surface area (Å²) >= 11 is 0. The molecule has 0 saturated heterocycles. The van der Waals surface area contributed by atoms with E-state index >= 15 is 0 Å². The van der Waals surface area contributed by atoms with Gasteiger partial charge in [0.1, 0.15) is 12.1 Å². The summed E-state index contributed by atoms with van der Waals surface area (Å²) in [5, 5.41) is 8.54. The molecule has 20 heavy (non-hydrogen) atoms. The van der Waals surface area contributed by atoms with Crippen LogP contribution in [0.15, 0.2) is 30.6 Å². The maximum Gasteiger partial charge on any atom is 0.249 e. The molecule has 1 aromatic heterocycles. The second kappa shape index (κ2) is 6.38. The number of hydrogen-bond acceptors (Lipinski definition) is 6. The maximum atomic E-state index is 8.54. The van der Waals surface area contributed by atoms with E-state index in [9.17, 15) is 0 Å². The van der Waals surface area contributed by atoms with Crippen LogP contribution in [0.1, 0.15) is 12.0 Å². The summed E-state index contributed by atoms with van der Waals surface area (Å²) in [6.45, 7) is 0. The third-order valence-electron chi connectivity index (χ3n) is 2.67. The van der Waals surface area contributed by atoms with Crippen molar-refractivity contribution in [1.29, 1.82) is 5.26 Å². The van der Waals surface area contributed by atoms with Gasteiger partial charge >= 0.3 is 0 Å². The van der Waals surface area contributed by atoms with Gasteiger partial charge in [-0.2, -0.15) is 15.2 Å². The molecule has 102 valence electrons. The molecule has 0 aliphatic carbocycles. The summed E-state index contributed by atoms with van der Waals surface area (Å²) in [5.74, 6) is 1.14. The van der Waals surface area contributed by atoms with Crippen molar-refractivity contribution in [1.82, 2.24) is 9.97 Å². The zero-order valence-corrected chi connectivity index (χ0v) is 11.0. The van der Waals surface area contributed by atoms with Crippen LogP contribution in [0.2, 0.25) is 0 Å². The number of nitrogens with zero attached hydrogens (tertiary/aromatic N) is 3. The Morgan fingerprint density at radius 1 is 1.20 bits per heavy atom. The predicted octanol–water partition coefficient (Wildman–Crippen LogP) is 2.32. The van der Waals surface area contributed by atoms with E-state index in [-0.39, 0.29) is 17.4 Å². The SMILES string of the molecule is COc1ncnc(Oc2ccc(CCC#N)cc2)c1N. The fourth-order valence-corrected chi connectivity index (χ4v) is 1.64. The molecule has 6 heteroatoms. The number of nitrogens with two attached hydrogens (primary N) is 1. The van der Waals surface area contributed by atoms with Gasteiger partial charge in [-0.15, -0.1) is 0 Å². The van der Waals surface area contributed by atoms with E-state index < -0.39 is 0 Å². The van der Waals surface area contributed by atoms with E-state index in [2.05, 4.69) is 16.0 Å². The van der Waals surface area contributed by atoms with Crippen molar-refractivity contribution in [3.05, 3.63) is 36.2 Å². The van der Waals surface area contributed by atoms with Gasteiger partial charge in [0.25, 0.3) is 0 Å². The van der Waals surface area contributed by atoms with Crippen LogP contribution in [0, 0.1) is 11.3 Å². The Kier molecular flexibility index (Phi) is 4.35. The molecule has 6 nitrogen and oxygen atoms in total. The number of benzene rings is 1. The van der Waals surface area contributed by atoms with Gasteiger partial charge in [-0.3, -0.25) is 0 Å². The van der Waals surface area contributed by atoms with Gasteiger partial charge in [0.05, 0.1) is 13.2 Å². The Hall–Kier alpha value is -2.81. The van der Waals surface area contributed by atoms with Crippen LogP contribution in [0.25, 0.3) is 0 Å². The standard InChI is InChI=1S/C14H14N4O2/c1-19-13-12(16)14(18-9-17-13)20-11-6-4-10(5-7-11)3-2-8-15/h4-7,9H,2-3,16H2,1H3. The Balaban J connectivity index is 2.12. The number of nitriles is 1. The van der Waals surface area contributed by atoms with Crippen molar-refractivity contribution in [3.8, 4) is 23.6 Å². The van der Waals surface area contributed by atoms with E-state index in [0.29, 0.717) is 12.2 Å². The minimum atomic E-state index is 0.252. The van der Waals surface area contributed by atoms with Crippen LogP contribution in [0.4, 0.5) is 5.69 Å². The first-order valence-corrected chi connectivity index (χ1v) is 6.02. The zero-order valence-electron chi connectivity index (χ0n) is 11.0. The highest BCUT2D eigenvalue weighted by atomic mass is 16.5. The molecule has 0 aliphatic rings. The van der Waals surface area contributed by atoms with Gasteiger partial charge in [-0.1, -0.05) is 12.1 Å². The minimum Gasteiger partial charge on any atom is -0.479 e. The van der Waals surface area contributed by atoms with Gasteiger partial charge in [0.15, 0.2) is 5.69 Å². The van der Waals surface area contributed by atoms with Crippen molar-refractivity contribution in [2.45, 2.75) is 12.8 Å². The second-order valence-corrected chi connectivity index (χ2v) is 4.01. The van der Waals surface area contributed by atoms with Crippen molar-refractivity contribution < 1.29 is 9.47 Å². The van der Waals surface area contributed by atoms with Crippen LogP contribution in [-0.4, -0.2) is 17.1 Å². The number of methoxy groups -OCH3 is 1. The molecular formula is C14H14N4O2. The smallest absolute Gasteiger partial charge is 0.249 e. The molecule has 0 radical (unpaired) electrons. The number of aromatic nitrogens is 2. The second-order valence-electron chi connectivity index (χ2n) is 4.01. The Morgan fingerprint density at radius 2 is 1.90 bits per heavy atom. The molecule has 2 rings (SSSR count). The van der Waals surface area contributed by atoms with Crippen LogP contribution >= 0.6 is 0 Å². The molecule has 0 amide bonds. The lowest BCUT2D eigenvalue weighted by Crippen LogP contribution is -2.00. The van der Waals surface area contributed by atoms with Crippen LogP contribution in [0.3, 0.4) is 0 Å². The highest BCUT2D eigenvalue weighted by Crippen LogP contribution is 2.30. The average Bonchev–Trinajstić information content (AvgIpc) is 2.48. The van der Waals surface area contributed by atoms with Gasteiger partial charge in [0.2, 0.25) is 11.8 Å². The number of ether oxygens (including phenoxy) is 2. The summed E-state index contributed by atoms with van der Waals surface area (Å²) in [6, 6.07) is 9.53. The third-order valence-corrected chi connectivity index (χ3v) is 2.67. The summed E-state index contributed by atoms with van der Waals surface area (Å²) in [4.78, 5) is 7.85. The maximum absolute atomic E-state index is 8.54. The monoisotopic (exact) mass is 270 g/mol. The van der Waals surface area contributed by atoms with Crippen molar-refractivity contribution in [2.75, 3.05) is 12.8 Å². The molecule has 0 spiro atoms. The van der Waals surface area contributed by atoms with E-state index in [1.807, 2.05) is 12.1 Å². The van der Waals surface area contributed by atoms with Crippen molar-refractivity contribution in [3.63, 3.8) is 0 Å². The summed E-state index contributed by atoms with van der Waals surface area (Å²) in [5.41, 5.74) is 7.16. The molecule has 0 bridgehead atoms. The molecule has 0 saturated carbocycles. The first-order chi connectivity index (χ1) is 9.74. The lowest BCUT2D eigenvalue weighted by Gasteiger charge is -2.09. The predicted molar refractivity (Wildman–Crippen MR) is 73.4 cm³/mol. The zero-order chi connectivity index (χ0) is 14.4. The van der Waals surface area contributed by atoms with E-state index in [0.717, 1.165) is 12.0 Å². The van der Waals surface area contributed by atoms with Gasteiger partial charge in [-0.05, 0) is 24.1 Å². The van der Waals surface area contributed by atoms with E-state index in [1.165, 1.54) is 13.4 Å². The quantitative estimate of drug-likeness (QED) is 0.895. The molecule has 0 unspecified atom stereocenters. The molecule has 1 aromatic carbocycles. The highest BCUT2D eigenvalue weighted by molar-refractivity contribution is 5.56. The van der Waals surface area contributed by atoms with Gasteiger partial charge < -0.3 is 15.2 Å². The highest BCUT2D eigenvalue weighted by Gasteiger charge is 2.10. The molecule has 0 aliphatic heterocycles. The van der Waals surface area contributed by atoms with Crippen molar-refractivity contribution >= 4 is 5.69 Å². The molecule has 0 atom stereocenters. The molecular weight excluding hydrogens is 256 g/mol. The Morgan fingerprint density at radius 3 is 2.55 bits per heavy atom. The fourth-order valence-electron chi connectivity index (χ4n) is 1.64. The van der Waals surface area contributed by atoms with Crippen LogP contribution < -0.4 is 15.2 Å². The van der Waals surface area contributed by atoms with E-state index in [1.54, 1.807) is 12.1 Å². The molecule has 2 aromatic rings. The third kappa shape index (κ3) is 3.14. The normalized spacial score (nSPS) is 9.80. The number of anilines is 1. The lowest BCUT2D eigenvalue weighted by atomic mass is 10.1. The largest absolute Gasteiger partial charge is 0.479 e. The van der Waals surface area contributed by atoms with Crippen molar-refractivity contribution in [2.24, 2.45) is 0 Å². The number of hydrogen-bond donors (Lipinski definition) is 1. The van der Waals surface area contributed by atoms with Crippen LogP contribution in [0.5, 0.6) is 17.5 Å². The first kappa shape index (κ1) is 13.6. The summed E-state index contributed by atoms with van der Waals surface area (Å²) in [7, 11) is 1.48. The summed E-state index contributed by atoms with van der Waals surface area (Å²) in [6.07, 6.45) is 2.54. The topological polar surface area (TPSA) is 94.0 Å². The average molecular weight is 270 g/mol. The van der Waals surface area contributed by atoms with Gasteiger partial charge in [0, 0.05) is 6.42 Å². The van der Waals surface area contributed by atoms with E-state index in [4.69, 9.17) is 20.5 Å². The molecule has 0 fully saturated rings. The number of rotatable bonds is 5. The summed E-state index contributed by atoms with van der Waals surface area (Å²) < 4.78 is 10.6. The van der Waals surface area contributed by atoms with Gasteiger partial charge in [-0.25, -0.2) is 0 Å².